The van der Waals surface area contributed by atoms with Crippen LogP contribution in [0.5, 0.6) is 0 Å². The lowest BCUT2D eigenvalue weighted by Crippen LogP contribution is -2.15. The third kappa shape index (κ3) is 4.38. The Morgan fingerprint density at radius 2 is 2.06 bits per heavy atom. The Balaban J connectivity index is 2.42. The van der Waals surface area contributed by atoms with Crippen LogP contribution >= 0.6 is 0 Å². The molecule has 16 heavy (non-hydrogen) atoms. The molecule has 1 saturated carbocycles. The second-order valence-corrected chi connectivity index (χ2v) is 5.53. The van der Waals surface area contributed by atoms with Crippen LogP contribution < -0.4 is 0 Å². The van der Waals surface area contributed by atoms with Crippen molar-refractivity contribution in [3.8, 4) is 0 Å². The number of hydrogen-bond acceptors (Lipinski definition) is 2. The van der Waals surface area contributed by atoms with Gasteiger partial charge in [-0.15, -0.1) is 0 Å². The molecule has 0 spiro atoms. The van der Waals surface area contributed by atoms with Gasteiger partial charge in [0.25, 0.3) is 0 Å². The number of allylic oxidation sites excluding steroid dienone is 1. The molecular weight excluding hydrogens is 200 g/mol. The molecule has 0 N–H and O–H groups in total. The summed E-state index contributed by atoms with van der Waals surface area (Å²) in [4.78, 5) is 11.5. The zero-order chi connectivity index (χ0) is 12.2. The van der Waals surface area contributed by atoms with Gasteiger partial charge in [-0.1, -0.05) is 32.8 Å². The fourth-order valence-electron chi connectivity index (χ4n) is 1.72. The Bertz CT molecular complexity index is 272. The maximum Gasteiger partial charge on any atom is 0.330 e. The normalized spacial score (nSPS) is 17.4. The summed E-state index contributed by atoms with van der Waals surface area (Å²) in [6.45, 7) is 9.15. The Kier molecular flexibility index (Phi) is 4.57. The van der Waals surface area contributed by atoms with Crippen LogP contribution in [-0.2, 0) is 9.53 Å². The largest absolute Gasteiger partial charge is 0.462 e. The van der Waals surface area contributed by atoms with Crippen LogP contribution in [0.1, 0.15) is 53.4 Å². The minimum Gasteiger partial charge on any atom is -0.462 e. The average Bonchev–Trinajstić information content (AvgIpc) is 2.98. The standard InChI is InChI=1S/C14H24O2/c1-5-8-14(3,4)11(2)9-13(15)16-10-12-6-7-12/h9,12H,5-8,10H2,1-4H3/b11-9+. The van der Waals surface area contributed by atoms with Gasteiger partial charge in [-0.05, 0) is 37.5 Å². The molecule has 0 aromatic rings. The van der Waals surface area contributed by atoms with Crippen LogP contribution in [0, 0.1) is 11.3 Å². The molecular formula is C14H24O2. The maximum atomic E-state index is 11.5. The van der Waals surface area contributed by atoms with Gasteiger partial charge in [-0.2, -0.15) is 0 Å². The van der Waals surface area contributed by atoms with E-state index < -0.39 is 0 Å². The summed E-state index contributed by atoms with van der Waals surface area (Å²) >= 11 is 0. The lowest BCUT2D eigenvalue weighted by Gasteiger charge is -2.25. The van der Waals surface area contributed by atoms with Crippen molar-refractivity contribution in [2.24, 2.45) is 11.3 Å². The van der Waals surface area contributed by atoms with Crippen molar-refractivity contribution >= 4 is 5.97 Å². The molecule has 0 bridgehead atoms. The molecule has 0 aromatic heterocycles. The molecule has 0 aliphatic heterocycles. The van der Waals surface area contributed by atoms with Gasteiger partial charge in [0, 0.05) is 6.08 Å². The Morgan fingerprint density at radius 3 is 2.56 bits per heavy atom. The molecule has 0 aromatic carbocycles. The monoisotopic (exact) mass is 224 g/mol. The van der Waals surface area contributed by atoms with Gasteiger partial charge in [-0.3, -0.25) is 0 Å². The van der Waals surface area contributed by atoms with Gasteiger partial charge >= 0.3 is 5.97 Å². The molecule has 1 aliphatic carbocycles. The first kappa shape index (κ1) is 13.3. The number of esters is 1. The van der Waals surface area contributed by atoms with Crippen molar-refractivity contribution < 1.29 is 9.53 Å². The number of hydrogen-bond donors (Lipinski definition) is 0. The first-order chi connectivity index (χ1) is 7.45. The highest BCUT2D eigenvalue weighted by molar-refractivity contribution is 5.82. The van der Waals surface area contributed by atoms with Crippen LogP contribution in [0.2, 0.25) is 0 Å². The van der Waals surface area contributed by atoms with E-state index >= 15 is 0 Å². The van der Waals surface area contributed by atoms with Crippen LogP contribution in [0.15, 0.2) is 11.6 Å². The zero-order valence-electron chi connectivity index (χ0n) is 11.0. The smallest absolute Gasteiger partial charge is 0.330 e. The SMILES string of the molecule is CCCC(C)(C)/C(C)=C/C(=O)OCC1CC1. The van der Waals surface area contributed by atoms with Crippen LogP contribution in [0.25, 0.3) is 0 Å². The summed E-state index contributed by atoms with van der Waals surface area (Å²) in [6.07, 6.45) is 6.34. The van der Waals surface area contributed by atoms with Crippen molar-refractivity contribution in [3.05, 3.63) is 11.6 Å². The summed E-state index contributed by atoms with van der Waals surface area (Å²) in [7, 11) is 0. The molecule has 0 atom stereocenters. The highest BCUT2D eigenvalue weighted by Gasteiger charge is 2.23. The Labute approximate surface area is 99.1 Å². The molecule has 0 heterocycles. The van der Waals surface area contributed by atoms with E-state index in [0.29, 0.717) is 12.5 Å². The van der Waals surface area contributed by atoms with Gasteiger partial charge in [0.15, 0.2) is 0 Å². The van der Waals surface area contributed by atoms with Gasteiger partial charge in [0.05, 0.1) is 6.61 Å². The fraction of sp³-hybridized carbons (Fsp3) is 0.786. The van der Waals surface area contributed by atoms with Crippen molar-refractivity contribution in [3.63, 3.8) is 0 Å². The second-order valence-electron chi connectivity index (χ2n) is 5.53. The van der Waals surface area contributed by atoms with E-state index in [2.05, 4.69) is 20.8 Å². The van der Waals surface area contributed by atoms with Crippen LogP contribution in [0.4, 0.5) is 0 Å². The van der Waals surface area contributed by atoms with Gasteiger partial charge in [0.2, 0.25) is 0 Å². The highest BCUT2D eigenvalue weighted by atomic mass is 16.5. The molecule has 1 aliphatic rings. The van der Waals surface area contributed by atoms with E-state index in [1.165, 1.54) is 12.8 Å². The summed E-state index contributed by atoms with van der Waals surface area (Å²) < 4.78 is 5.19. The van der Waals surface area contributed by atoms with E-state index in [4.69, 9.17) is 4.74 Å². The Morgan fingerprint density at radius 1 is 1.44 bits per heavy atom. The summed E-state index contributed by atoms with van der Waals surface area (Å²) in [5.74, 6) is 0.467. The Hall–Kier alpha value is -0.790. The first-order valence-electron chi connectivity index (χ1n) is 6.31. The van der Waals surface area contributed by atoms with Crippen LogP contribution in [0.3, 0.4) is 0 Å². The van der Waals surface area contributed by atoms with Crippen molar-refractivity contribution in [1.29, 1.82) is 0 Å². The van der Waals surface area contributed by atoms with E-state index in [1.54, 1.807) is 6.08 Å². The minimum atomic E-state index is -0.173. The number of carbonyl (C=O) groups is 1. The fourth-order valence-corrected chi connectivity index (χ4v) is 1.72. The van der Waals surface area contributed by atoms with Crippen molar-refractivity contribution in [1.82, 2.24) is 0 Å². The second kappa shape index (κ2) is 5.51. The van der Waals surface area contributed by atoms with Gasteiger partial charge < -0.3 is 4.74 Å². The molecule has 1 rings (SSSR count). The molecule has 2 nitrogen and oxygen atoms in total. The molecule has 92 valence electrons. The molecule has 2 heteroatoms. The van der Waals surface area contributed by atoms with Gasteiger partial charge in [0.1, 0.15) is 0 Å². The van der Waals surface area contributed by atoms with Crippen molar-refractivity contribution in [2.75, 3.05) is 6.61 Å². The predicted molar refractivity (Wildman–Crippen MR) is 66.1 cm³/mol. The quantitative estimate of drug-likeness (QED) is 0.508. The summed E-state index contributed by atoms with van der Waals surface area (Å²) in [5.41, 5.74) is 1.23. The summed E-state index contributed by atoms with van der Waals surface area (Å²) in [6, 6.07) is 0. The molecule has 0 unspecified atom stereocenters. The van der Waals surface area contributed by atoms with E-state index in [-0.39, 0.29) is 11.4 Å². The zero-order valence-corrected chi connectivity index (χ0v) is 11.0. The third-order valence-corrected chi connectivity index (χ3v) is 3.44. The summed E-state index contributed by atoms with van der Waals surface area (Å²) in [5, 5.41) is 0. The van der Waals surface area contributed by atoms with Crippen molar-refractivity contribution in [2.45, 2.75) is 53.4 Å². The topological polar surface area (TPSA) is 26.3 Å². The number of ether oxygens (including phenoxy) is 1. The number of carbonyl (C=O) groups excluding carboxylic acids is 1. The third-order valence-electron chi connectivity index (χ3n) is 3.44. The maximum absolute atomic E-state index is 11.5. The van der Waals surface area contributed by atoms with E-state index in [0.717, 1.165) is 18.4 Å². The van der Waals surface area contributed by atoms with E-state index in [1.807, 2.05) is 6.92 Å². The van der Waals surface area contributed by atoms with Gasteiger partial charge in [-0.25, -0.2) is 4.79 Å². The average molecular weight is 224 g/mol. The predicted octanol–water partition coefficient (Wildman–Crippen LogP) is 3.71. The molecule has 1 fully saturated rings. The van der Waals surface area contributed by atoms with Crippen LogP contribution in [-0.4, -0.2) is 12.6 Å². The number of rotatable bonds is 6. The molecule has 0 amide bonds. The molecule has 0 saturated heterocycles. The minimum absolute atomic E-state index is 0.105. The lowest BCUT2D eigenvalue weighted by molar-refractivity contribution is -0.138. The first-order valence-corrected chi connectivity index (χ1v) is 6.31. The lowest BCUT2D eigenvalue weighted by atomic mass is 9.81. The van der Waals surface area contributed by atoms with E-state index in [9.17, 15) is 4.79 Å². The highest BCUT2D eigenvalue weighted by Crippen LogP contribution is 2.31. The molecule has 0 radical (unpaired) electrons.